The summed E-state index contributed by atoms with van der Waals surface area (Å²) in [4.78, 5) is 19.5. The Morgan fingerprint density at radius 1 is 1.06 bits per heavy atom. The third kappa shape index (κ3) is 4.77. The van der Waals surface area contributed by atoms with E-state index in [1.54, 1.807) is 0 Å². The van der Waals surface area contributed by atoms with Crippen molar-refractivity contribution in [3.8, 4) is 0 Å². The highest BCUT2D eigenvalue weighted by molar-refractivity contribution is 5.94. The van der Waals surface area contributed by atoms with Gasteiger partial charge in [-0.15, -0.1) is 0 Å². The predicted molar refractivity (Wildman–Crippen MR) is 65.9 cm³/mol. The van der Waals surface area contributed by atoms with E-state index in [0.717, 1.165) is 0 Å². The number of carbonyl (C=O) groups excluding carboxylic acids is 1. The molecule has 0 aliphatic rings. The van der Waals surface area contributed by atoms with E-state index in [4.69, 9.17) is 17.2 Å². The molecule has 6 heteroatoms. The normalized spacial score (nSPS) is 14.0. The predicted octanol–water partition coefficient (Wildman–Crippen LogP) is -0.176. The van der Waals surface area contributed by atoms with Gasteiger partial charge in [-0.05, 0) is 5.92 Å². The van der Waals surface area contributed by atoms with Crippen molar-refractivity contribution in [1.29, 1.82) is 0 Å². The highest BCUT2D eigenvalue weighted by Crippen LogP contribution is 2.12. The Balaban J connectivity index is 4.96. The molecule has 0 aliphatic carbocycles. The molecule has 92 valence electrons. The van der Waals surface area contributed by atoms with E-state index in [1.165, 1.54) is 0 Å². The van der Waals surface area contributed by atoms with Crippen molar-refractivity contribution in [2.75, 3.05) is 0 Å². The van der Waals surface area contributed by atoms with Crippen LogP contribution in [0.5, 0.6) is 0 Å². The van der Waals surface area contributed by atoms with Crippen LogP contribution in [0.4, 0.5) is 0 Å². The zero-order valence-electron chi connectivity index (χ0n) is 10.3. The van der Waals surface area contributed by atoms with E-state index in [1.807, 2.05) is 27.7 Å². The summed E-state index contributed by atoms with van der Waals surface area (Å²) in [6, 6.07) is -0.497. The molecule has 0 aliphatic heterocycles. The molecule has 0 aromatic rings. The average Bonchev–Trinajstić information content (AvgIpc) is 2.11. The second kappa shape index (κ2) is 6.09. The maximum absolute atomic E-state index is 11.8. The van der Waals surface area contributed by atoms with Crippen LogP contribution in [0.15, 0.2) is 9.98 Å². The first-order chi connectivity index (χ1) is 7.25. The molecule has 0 spiro atoms. The molecule has 6 N–H and O–H groups in total. The monoisotopic (exact) mass is 227 g/mol. The van der Waals surface area contributed by atoms with Crippen LogP contribution in [0.1, 0.15) is 27.7 Å². The maximum atomic E-state index is 11.8. The molecule has 0 saturated heterocycles. The molecule has 0 saturated carbocycles. The lowest BCUT2D eigenvalue weighted by molar-refractivity contribution is -0.123. The van der Waals surface area contributed by atoms with E-state index < -0.39 is 6.04 Å². The molecular formula is C10H21N5O. The van der Waals surface area contributed by atoms with Crippen molar-refractivity contribution < 1.29 is 4.79 Å². The quantitative estimate of drug-likeness (QED) is 0.456. The van der Waals surface area contributed by atoms with Gasteiger partial charge in [-0.3, -0.25) is 4.79 Å². The van der Waals surface area contributed by atoms with Crippen LogP contribution in [-0.4, -0.2) is 23.7 Å². The molecule has 0 amide bonds. The molecule has 0 heterocycles. The van der Waals surface area contributed by atoms with Crippen LogP contribution in [-0.2, 0) is 4.79 Å². The van der Waals surface area contributed by atoms with E-state index in [2.05, 4.69) is 9.98 Å². The lowest BCUT2D eigenvalue weighted by Crippen LogP contribution is -2.32. The van der Waals surface area contributed by atoms with E-state index in [0.29, 0.717) is 0 Å². The number of Topliss-reactive ketones (excluding diaryl/α,β-unsaturated/α-hetero) is 1. The molecule has 0 radical (unpaired) electrons. The van der Waals surface area contributed by atoms with Crippen molar-refractivity contribution in [1.82, 2.24) is 0 Å². The van der Waals surface area contributed by atoms with Crippen LogP contribution < -0.4 is 17.2 Å². The maximum Gasteiger partial charge on any atom is 0.219 e. The second-order valence-corrected chi connectivity index (χ2v) is 4.27. The fourth-order valence-corrected chi connectivity index (χ4v) is 1.19. The third-order valence-electron chi connectivity index (χ3n) is 2.01. The Morgan fingerprint density at radius 3 is 1.88 bits per heavy atom. The Kier molecular flexibility index (Phi) is 5.49. The molecule has 1 atom stereocenters. The average molecular weight is 227 g/mol. The van der Waals surface area contributed by atoms with Gasteiger partial charge in [0.25, 0.3) is 0 Å². The number of nitrogens with zero attached hydrogens (tertiary/aromatic N) is 2. The minimum Gasteiger partial charge on any atom is -0.370 e. The van der Waals surface area contributed by atoms with Crippen LogP contribution in [0, 0.1) is 11.8 Å². The van der Waals surface area contributed by atoms with Gasteiger partial charge >= 0.3 is 0 Å². The SMILES string of the molecule is CC(C)C(=O)[C@@H](N=C(N)N=C(N)N)C(C)C. The standard InChI is InChI=1S/C10H21N5O/c1-5(2)7(8(16)6(3)4)14-10(13)15-9(11)12/h5-7H,1-4H3,(H6,11,12,13,14,15)/t7-/m0/s1. The lowest BCUT2D eigenvalue weighted by Gasteiger charge is -2.17. The number of rotatable bonds is 4. The molecule has 0 aromatic carbocycles. The van der Waals surface area contributed by atoms with Gasteiger partial charge in [-0.2, -0.15) is 4.99 Å². The van der Waals surface area contributed by atoms with Crippen molar-refractivity contribution in [3.63, 3.8) is 0 Å². The Labute approximate surface area is 96.0 Å². The lowest BCUT2D eigenvalue weighted by atomic mass is 9.94. The first-order valence-electron chi connectivity index (χ1n) is 5.22. The van der Waals surface area contributed by atoms with Gasteiger partial charge in [0.2, 0.25) is 5.96 Å². The summed E-state index contributed by atoms with van der Waals surface area (Å²) < 4.78 is 0. The van der Waals surface area contributed by atoms with Gasteiger partial charge in [0.15, 0.2) is 11.7 Å². The smallest absolute Gasteiger partial charge is 0.219 e. The molecule has 0 aromatic heterocycles. The second-order valence-electron chi connectivity index (χ2n) is 4.27. The Bertz CT molecular complexity index is 302. The Morgan fingerprint density at radius 2 is 1.56 bits per heavy atom. The zero-order chi connectivity index (χ0) is 12.9. The minimum atomic E-state index is -0.497. The van der Waals surface area contributed by atoms with E-state index in [-0.39, 0.29) is 29.5 Å². The summed E-state index contributed by atoms with van der Waals surface area (Å²) in [5.41, 5.74) is 15.8. The summed E-state index contributed by atoms with van der Waals surface area (Å²) in [5, 5.41) is 0. The van der Waals surface area contributed by atoms with Crippen LogP contribution in [0.3, 0.4) is 0 Å². The van der Waals surface area contributed by atoms with Crippen LogP contribution in [0.25, 0.3) is 0 Å². The highest BCUT2D eigenvalue weighted by Gasteiger charge is 2.23. The van der Waals surface area contributed by atoms with Gasteiger partial charge < -0.3 is 17.2 Å². The van der Waals surface area contributed by atoms with Gasteiger partial charge in [-0.1, -0.05) is 27.7 Å². The molecule has 0 fully saturated rings. The molecule has 6 nitrogen and oxygen atoms in total. The Hall–Kier alpha value is -1.59. The molecule has 0 bridgehead atoms. The first-order valence-corrected chi connectivity index (χ1v) is 5.22. The number of guanidine groups is 2. The van der Waals surface area contributed by atoms with Gasteiger partial charge in [0, 0.05) is 5.92 Å². The van der Waals surface area contributed by atoms with Crippen molar-refractivity contribution in [2.24, 2.45) is 39.0 Å². The number of ketones is 1. The van der Waals surface area contributed by atoms with Gasteiger partial charge in [-0.25, -0.2) is 4.99 Å². The topological polar surface area (TPSA) is 120 Å². The van der Waals surface area contributed by atoms with E-state index in [9.17, 15) is 4.79 Å². The summed E-state index contributed by atoms with van der Waals surface area (Å²) in [6.45, 7) is 7.45. The summed E-state index contributed by atoms with van der Waals surface area (Å²) in [7, 11) is 0. The van der Waals surface area contributed by atoms with Crippen LogP contribution >= 0.6 is 0 Å². The fourth-order valence-electron chi connectivity index (χ4n) is 1.19. The fraction of sp³-hybridized carbons (Fsp3) is 0.700. The molecular weight excluding hydrogens is 206 g/mol. The minimum absolute atomic E-state index is 0.0312. The number of hydrogen-bond donors (Lipinski definition) is 3. The summed E-state index contributed by atoms with van der Waals surface area (Å²) in [5.74, 6) is -0.233. The number of nitrogens with two attached hydrogens (primary N) is 3. The van der Waals surface area contributed by atoms with Crippen molar-refractivity contribution >= 4 is 17.7 Å². The highest BCUT2D eigenvalue weighted by atomic mass is 16.1. The van der Waals surface area contributed by atoms with Crippen molar-refractivity contribution in [2.45, 2.75) is 33.7 Å². The molecule has 0 unspecified atom stereocenters. The van der Waals surface area contributed by atoms with E-state index >= 15 is 0 Å². The van der Waals surface area contributed by atoms with Crippen LogP contribution in [0.2, 0.25) is 0 Å². The number of hydrogen-bond acceptors (Lipinski definition) is 2. The summed E-state index contributed by atoms with van der Waals surface area (Å²) >= 11 is 0. The van der Waals surface area contributed by atoms with Crippen molar-refractivity contribution in [3.05, 3.63) is 0 Å². The van der Waals surface area contributed by atoms with Gasteiger partial charge in [0.1, 0.15) is 6.04 Å². The first kappa shape index (κ1) is 14.4. The number of aliphatic imine (C=N–C) groups is 2. The van der Waals surface area contributed by atoms with Gasteiger partial charge in [0.05, 0.1) is 0 Å². The zero-order valence-corrected chi connectivity index (χ0v) is 10.3. The molecule has 16 heavy (non-hydrogen) atoms. The number of carbonyl (C=O) groups is 1. The summed E-state index contributed by atoms with van der Waals surface area (Å²) in [6.07, 6.45) is 0. The largest absolute Gasteiger partial charge is 0.370 e. The molecule has 0 rings (SSSR count). The third-order valence-corrected chi connectivity index (χ3v) is 2.01.